The summed E-state index contributed by atoms with van der Waals surface area (Å²) in [6, 6.07) is 7.38. The summed E-state index contributed by atoms with van der Waals surface area (Å²) in [6.45, 7) is 4.34. The topological polar surface area (TPSA) is 101 Å². The molecule has 1 atom stereocenters. The molecule has 0 unspecified atom stereocenters. The van der Waals surface area contributed by atoms with Crippen molar-refractivity contribution in [2.45, 2.75) is 19.4 Å². The predicted octanol–water partition coefficient (Wildman–Crippen LogP) is -0.0844. The van der Waals surface area contributed by atoms with Gasteiger partial charge in [0, 0.05) is 32.2 Å². The van der Waals surface area contributed by atoms with Crippen LogP contribution in [0.5, 0.6) is 0 Å². The highest BCUT2D eigenvalue weighted by Crippen LogP contribution is 2.21. The van der Waals surface area contributed by atoms with Crippen LogP contribution >= 0.6 is 0 Å². The molecule has 0 radical (unpaired) electrons. The molecular weight excluding hydrogens is 368 g/mol. The fraction of sp³-hybridized carbons (Fsp3) is 0.529. The second kappa shape index (κ2) is 7.01. The first-order valence-electron chi connectivity index (χ1n) is 9.03. The normalized spacial score (nSPS) is 22.9. The summed E-state index contributed by atoms with van der Waals surface area (Å²) in [7, 11) is -2.90. The summed E-state index contributed by atoms with van der Waals surface area (Å²) in [5, 5.41) is 11.5. The zero-order valence-electron chi connectivity index (χ0n) is 15.2. The number of rotatable bonds is 3. The maximum atomic E-state index is 13.1. The number of piperazine rings is 1. The molecule has 0 saturated carbocycles. The summed E-state index contributed by atoms with van der Waals surface area (Å²) >= 11 is 0. The van der Waals surface area contributed by atoms with Gasteiger partial charge in [-0.3, -0.25) is 9.69 Å². The highest BCUT2D eigenvalue weighted by atomic mass is 32.2. The average Bonchev–Trinajstić information content (AvgIpc) is 3.26. The van der Waals surface area contributed by atoms with E-state index in [1.54, 1.807) is 17.7 Å². The fourth-order valence-corrected chi connectivity index (χ4v) is 5.58. The summed E-state index contributed by atoms with van der Waals surface area (Å²) in [5.41, 5.74) is 1.22. The summed E-state index contributed by atoms with van der Waals surface area (Å²) < 4.78 is 25.0. The summed E-state index contributed by atoms with van der Waals surface area (Å²) in [4.78, 5) is 17.1. The monoisotopic (exact) mass is 390 g/mol. The van der Waals surface area contributed by atoms with Gasteiger partial charge < -0.3 is 4.90 Å². The second-order valence-electron chi connectivity index (χ2n) is 7.04. The Balaban J connectivity index is 1.47. The number of aryl methyl sites for hydroxylation is 1. The number of hydrogen-bond donors (Lipinski definition) is 0. The third kappa shape index (κ3) is 3.59. The Hall–Kier alpha value is -2.33. The molecule has 0 aliphatic carbocycles. The Kier molecular flexibility index (Phi) is 4.68. The van der Waals surface area contributed by atoms with Crippen molar-refractivity contribution in [2.75, 3.05) is 37.7 Å². The van der Waals surface area contributed by atoms with Gasteiger partial charge in [0.1, 0.15) is 0 Å². The number of hydrogen-bond acceptors (Lipinski definition) is 7. The van der Waals surface area contributed by atoms with E-state index in [1.807, 2.05) is 23.1 Å². The van der Waals surface area contributed by atoms with Gasteiger partial charge in [-0.05, 0) is 35.9 Å². The van der Waals surface area contributed by atoms with Gasteiger partial charge in [0.25, 0.3) is 5.91 Å². The number of carbonyl (C=O) groups is 1. The van der Waals surface area contributed by atoms with Crippen molar-refractivity contribution in [3.05, 3.63) is 35.7 Å². The first-order valence-corrected chi connectivity index (χ1v) is 10.8. The lowest BCUT2D eigenvalue weighted by Crippen LogP contribution is -2.52. The SMILES string of the molecule is Cc1nnnn1-c1ccccc1C(=O)N1CCN([C@H]2CCS(=O)(=O)C2)CC1. The van der Waals surface area contributed by atoms with Crippen LogP contribution in [0, 0.1) is 6.92 Å². The van der Waals surface area contributed by atoms with Crippen molar-refractivity contribution in [2.24, 2.45) is 0 Å². The van der Waals surface area contributed by atoms with E-state index in [-0.39, 0.29) is 23.5 Å². The van der Waals surface area contributed by atoms with Crippen molar-refractivity contribution in [1.29, 1.82) is 0 Å². The molecule has 0 bridgehead atoms. The zero-order chi connectivity index (χ0) is 19.0. The van der Waals surface area contributed by atoms with Gasteiger partial charge in [-0.1, -0.05) is 12.1 Å². The number of para-hydroxylation sites is 1. The minimum Gasteiger partial charge on any atom is -0.336 e. The van der Waals surface area contributed by atoms with Gasteiger partial charge in [-0.2, -0.15) is 4.68 Å². The first kappa shape index (κ1) is 18.1. The molecule has 2 aromatic rings. The Labute approximate surface area is 157 Å². The van der Waals surface area contributed by atoms with Crippen LogP contribution in [-0.4, -0.2) is 88.1 Å². The maximum Gasteiger partial charge on any atom is 0.256 e. The molecule has 1 aromatic heterocycles. The third-order valence-electron chi connectivity index (χ3n) is 5.31. The van der Waals surface area contributed by atoms with E-state index in [9.17, 15) is 13.2 Å². The lowest BCUT2D eigenvalue weighted by Gasteiger charge is -2.37. The molecule has 1 aromatic carbocycles. The minimum absolute atomic E-state index is 0.0563. The smallest absolute Gasteiger partial charge is 0.256 e. The molecule has 144 valence electrons. The van der Waals surface area contributed by atoms with Crippen LogP contribution in [0.4, 0.5) is 0 Å². The van der Waals surface area contributed by atoms with Crippen LogP contribution in [0.25, 0.3) is 5.69 Å². The van der Waals surface area contributed by atoms with Crippen molar-refractivity contribution in [1.82, 2.24) is 30.0 Å². The lowest BCUT2D eigenvalue weighted by molar-refractivity contribution is 0.0587. The fourth-order valence-electron chi connectivity index (χ4n) is 3.82. The molecule has 0 N–H and O–H groups in total. The number of aromatic nitrogens is 4. The van der Waals surface area contributed by atoms with Crippen LogP contribution in [0.3, 0.4) is 0 Å². The van der Waals surface area contributed by atoms with E-state index >= 15 is 0 Å². The highest BCUT2D eigenvalue weighted by molar-refractivity contribution is 7.91. The molecule has 2 fully saturated rings. The van der Waals surface area contributed by atoms with Crippen molar-refractivity contribution >= 4 is 15.7 Å². The number of amides is 1. The Bertz CT molecular complexity index is 949. The van der Waals surface area contributed by atoms with Crippen molar-refractivity contribution in [3.8, 4) is 5.69 Å². The van der Waals surface area contributed by atoms with Crippen molar-refractivity contribution < 1.29 is 13.2 Å². The van der Waals surface area contributed by atoms with Gasteiger partial charge in [-0.15, -0.1) is 5.10 Å². The molecule has 2 aliphatic rings. The number of tetrazole rings is 1. The Morgan fingerprint density at radius 3 is 2.52 bits per heavy atom. The number of carbonyl (C=O) groups excluding carboxylic acids is 1. The summed E-state index contributed by atoms with van der Waals surface area (Å²) in [5.74, 6) is 1.07. The lowest BCUT2D eigenvalue weighted by atomic mass is 10.1. The quantitative estimate of drug-likeness (QED) is 0.722. The first-order chi connectivity index (χ1) is 12.9. The molecule has 10 heteroatoms. The van der Waals surface area contributed by atoms with E-state index in [4.69, 9.17) is 0 Å². The van der Waals surface area contributed by atoms with Gasteiger partial charge in [0.15, 0.2) is 15.7 Å². The average molecular weight is 390 g/mol. The number of sulfone groups is 1. The van der Waals surface area contributed by atoms with E-state index in [0.29, 0.717) is 49.7 Å². The van der Waals surface area contributed by atoms with E-state index in [0.717, 1.165) is 0 Å². The molecular formula is C17H22N6O3S. The van der Waals surface area contributed by atoms with Crippen LogP contribution in [-0.2, 0) is 9.84 Å². The molecule has 27 heavy (non-hydrogen) atoms. The van der Waals surface area contributed by atoms with Crippen LogP contribution < -0.4 is 0 Å². The molecule has 1 amide bonds. The highest BCUT2D eigenvalue weighted by Gasteiger charge is 2.34. The maximum absolute atomic E-state index is 13.1. The number of nitrogens with zero attached hydrogens (tertiary/aromatic N) is 6. The van der Waals surface area contributed by atoms with Crippen LogP contribution in [0.1, 0.15) is 22.6 Å². The largest absolute Gasteiger partial charge is 0.336 e. The minimum atomic E-state index is -2.90. The Morgan fingerprint density at radius 2 is 1.89 bits per heavy atom. The van der Waals surface area contributed by atoms with Gasteiger partial charge in [0.05, 0.1) is 22.8 Å². The van der Waals surface area contributed by atoms with Gasteiger partial charge in [-0.25, -0.2) is 8.42 Å². The molecule has 3 heterocycles. The Morgan fingerprint density at radius 1 is 1.15 bits per heavy atom. The third-order valence-corrected chi connectivity index (χ3v) is 7.06. The standard InChI is InChI=1S/C17H22N6O3S/c1-13-18-19-20-23(13)16-5-3-2-4-15(16)17(24)22-9-7-21(8-10-22)14-6-11-27(25,26)12-14/h2-5,14H,6-12H2,1H3/t14-/m0/s1. The van der Waals surface area contributed by atoms with Gasteiger partial charge >= 0.3 is 0 Å². The predicted molar refractivity (Wildman–Crippen MR) is 98.4 cm³/mol. The molecule has 4 rings (SSSR count). The van der Waals surface area contributed by atoms with E-state index < -0.39 is 9.84 Å². The van der Waals surface area contributed by atoms with Crippen LogP contribution in [0.2, 0.25) is 0 Å². The molecule has 2 saturated heterocycles. The second-order valence-corrected chi connectivity index (χ2v) is 9.27. The zero-order valence-corrected chi connectivity index (χ0v) is 16.0. The van der Waals surface area contributed by atoms with E-state index in [1.165, 1.54) is 0 Å². The molecule has 9 nitrogen and oxygen atoms in total. The van der Waals surface area contributed by atoms with Gasteiger partial charge in [0.2, 0.25) is 0 Å². The molecule has 0 spiro atoms. The molecule has 2 aliphatic heterocycles. The van der Waals surface area contributed by atoms with Crippen LogP contribution in [0.15, 0.2) is 24.3 Å². The number of benzene rings is 1. The van der Waals surface area contributed by atoms with Crippen molar-refractivity contribution in [3.63, 3.8) is 0 Å². The van der Waals surface area contributed by atoms with E-state index in [2.05, 4.69) is 20.4 Å². The summed E-state index contributed by atoms with van der Waals surface area (Å²) in [6.07, 6.45) is 0.692.